The zero-order valence-electron chi connectivity index (χ0n) is 19.6. The lowest BCUT2D eigenvalue weighted by molar-refractivity contribution is -0.118. The second-order valence-corrected chi connectivity index (χ2v) is 8.31. The van der Waals surface area contributed by atoms with Crippen molar-refractivity contribution in [3.05, 3.63) is 76.9 Å². The van der Waals surface area contributed by atoms with Gasteiger partial charge in [-0.1, -0.05) is 56.3 Å². The van der Waals surface area contributed by atoms with Crippen LogP contribution < -0.4 is 10.6 Å². The first-order valence-electron chi connectivity index (χ1n) is 11.3. The molecular weight excluding hydrogens is 414 g/mol. The summed E-state index contributed by atoms with van der Waals surface area (Å²) < 4.78 is 0. The summed E-state index contributed by atoms with van der Waals surface area (Å²) in [5, 5.41) is 14.1. The minimum absolute atomic E-state index is 0.0348. The van der Waals surface area contributed by atoms with E-state index in [1.165, 1.54) is 0 Å². The summed E-state index contributed by atoms with van der Waals surface area (Å²) in [6, 6.07) is 14.8. The molecule has 2 aromatic carbocycles. The number of allylic oxidation sites excluding steroid dienone is 1. The Hall–Kier alpha value is -3.54. The van der Waals surface area contributed by atoms with Gasteiger partial charge in [-0.25, -0.2) is 0 Å². The second kappa shape index (κ2) is 13.1. The van der Waals surface area contributed by atoms with Crippen LogP contribution in [0.25, 0.3) is 0 Å². The topological polar surface area (TPSA) is 99.1 Å². The number of rotatable bonds is 13. The van der Waals surface area contributed by atoms with E-state index in [9.17, 15) is 14.4 Å². The summed E-state index contributed by atoms with van der Waals surface area (Å²) in [6.45, 7) is 5.96. The average Bonchev–Trinajstić information content (AvgIpc) is 2.81. The van der Waals surface area contributed by atoms with Crippen LogP contribution in [-0.4, -0.2) is 30.4 Å². The third-order valence-corrected chi connectivity index (χ3v) is 5.68. The minimum atomic E-state index is -0.155. The molecule has 0 saturated heterocycles. The summed E-state index contributed by atoms with van der Waals surface area (Å²) in [5.41, 5.74) is 4.05. The molecule has 0 saturated carbocycles. The molecule has 2 rings (SSSR count). The maximum absolute atomic E-state index is 13.0. The monoisotopic (exact) mass is 447 g/mol. The Morgan fingerprint density at radius 1 is 1.09 bits per heavy atom. The van der Waals surface area contributed by atoms with Crippen molar-refractivity contribution in [2.24, 2.45) is 5.92 Å². The predicted molar refractivity (Wildman–Crippen MR) is 133 cm³/mol. The quantitative estimate of drug-likeness (QED) is 0.235. The highest BCUT2D eigenvalue weighted by molar-refractivity contribution is 6.03. The van der Waals surface area contributed by atoms with Crippen molar-refractivity contribution in [2.75, 3.05) is 5.32 Å². The molecule has 6 heteroatoms. The molecule has 0 unspecified atom stereocenters. The van der Waals surface area contributed by atoms with E-state index in [0.29, 0.717) is 48.2 Å². The molecule has 2 atom stereocenters. The zero-order chi connectivity index (χ0) is 24.2. The molecule has 0 spiro atoms. The highest BCUT2D eigenvalue weighted by Gasteiger charge is 2.18. The van der Waals surface area contributed by atoms with Crippen molar-refractivity contribution in [3.63, 3.8) is 0 Å². The van der Waals surface area contributed by atoms with E-state index in [1.807, 2.05) is 57.2 Å². The number of hydrogen-bond acceptors (Lipinski definition) is 4. The normalized spacial score (nSPS) is 13.0. The molecule has 174 valence electrons. The van der Waals surface area contributed by atoms with E-state index < -0.39 is 0 Å². The number of anilines is 1. The Morgan fingerprint density at radius 2 is 1.82 bits per heavy atom. The number of aldehydes is 1. The Morgan fingerprint density at radius 3 is 2.45 bits per heavy atom. The van der Waals surface area contributed by atoms with Gasteiger partial charge in [-0.3, -0.25) is 14.4 Å². The van der Waals surface area contributed by atoms with Crippen LogP contribution in [0, 0.1) is 11.3 Å². The van der Waals surface area contributed by atoms with Crippen LogP contribution in [0.3, 0.4) is 0 Å². The van der Waals surface area contributed by atoms with Crippen LogP contribution in [0.2, 0.25) is 0 Å². The van der Waals surface area contributed by atoms with Crippen LogP contribution >= 0.6 is 0 Å². The molecule has 0 aliphatic carbocycles. The average molecular weight is 448 g/mol. The lowest BCUT2D eigenvalue weighted by atomic mass is 9.94. The fourth-order valence-corrected chi connectivity index (χ4v) is 3.54. The third kappa shape index (κ3) is 8.15. The molecule has 33 heavy (non-hydrogen) atoms. The molecule has 0 radical (unpaired) electrons. The van der Waals surface area contributed by atoms with Gasteiger partial charge in [0.05, 0.1) is 0 Å². The summed E-state index contributed by atoms with van der Waals surface area (Å²) in [5.74, 6) is -0.121. The molecule has 0 fully saturated rings. The van der Waals surface area contributed by atoms with Gasteiger partial charge in [-0.2, -0.15) is 0 Å². The van der Waals surface area contributed by atoms with E-state index in [-0.39, 0.29) is 17.9 Å². The van der Waals surface area contributed by atoms with E-state index in [1.54, 1.807) is 18.2 Å². The Balaban J connectivity index is 2.04. The van der Waals surface area contributed by atoms with Crippen molar-refractivity contribution < 1.29 is 14.4 Å². The number of nitrogens with one attached hydrogen (secondary N) is 3. The standard InChI is InChI=1S/C27H33N3O3/c1-4-19(2)25(16-24(28)14-21-8-6-5-7-9-21)27(33)30-20(3)10-12-23-13-11-22(17-31)15-26(23)29-18-32/h5-9,11,13,15-20,28H,4,10,12,14H2,1-3H3,(H,29,32)(H,30,33)/b25-16+,28-24?/t19-,20+/m0/s1. The zero-order valence-corrected chi connectivity index (χ0v) is 19.6. The highest BCUT2D eigenvalue weighted by Crippen LogP contribution is 2.20. The van der Waals surface area contributed by atoms with Gasteiger partial charge in [-0.15, -0.1) is 0 Å². The van der Waals surface area contributed by atoms with E-state index in [0.717, 1.165) is 23.8 Å². The van der Waals surface area contributed by atoms with Crippen LogP contribution in [0.1, 0.15) is 55.1 Å². The van der Waals surface area contributed by atoms with Crippen LogP contribution in [0.5, 0.6) is 0 Å². The predicted octanol–water partition coefficient (Wildman–Crippen LogP) is 4.74. The Labute approximate surface area is 196 Å². The van der Waals surface area contributed by atoms with Crippen molar-refractivity contribution >= 4 is 30.0 Å². The van der Waals surface area contributed by atoms with E-state index in [2.05, 4.69) is 10.6 Å². The molecule has 0 aliphatic heterocycles. The maximum Gasteiger partial charge on any atom is 0.247 e. The first-order chi connectivity index (χ1) is 15.9. The van der Waals surface area contributed by atoms with Crippen LogP contribution in [0.4, 0.5) is 5.69 Å². The van der Waals surface area contributed by atoms with E-state index in [4.69, 9.17) is 5.41 Å². The number of benzene rings is 2. The van der Waals surface area contributed by atoms with Crippen LogP contribution in [-0.2, 0) is 22.4 Å². The lowest BCUT2D eigenvalue weighted by Gasteiger charge is -2.19. The van der Waals surface area contributed by atoms with Gasteiger partial charge in [0.2, 0.25) is 12.3 Å². The largest absolute Gasteiger partial charge is 0.350 e. The molecule has 6 nitrogen and oxygen atoms in total. The van der Waals surface area contributed by atoms with Gasteiger partial charge < -0.3 is 16.0 Å². The first kappa shape index (κ1) is 25.7. The summed E-state index contributed by atoms with van der Waals surface area (Å²) >= 11 is 0. The molecule has 0 bridgehead atoms. The molecule has 0 aromatic heterocycles. The highest BCUT2D eigenvalue weighted by atomic mass is 16.2. The van der Waals surface area contributed by atoms with Crippen LogP contribution in [0.15, 0.2) is 60.2 Å². The Bertz CT molecular complexity index is 999. The summed E-state index contributed by atoms with van der Waals surface area (Å²) in [6.07, 6.45) is 5.60. The van der Waals surface area contributed by atoms with Gasteiger partial charge in [0.15, 0.2) is 0 Å². The first-order valence-corrected chi connectivity index (χ1v) is 11.3. The van der Waals surface area contributed by atoms with Gasteiger partial charge in [0.25, 0.3) is 0 Å². The van der Waals surface area contributed by atoms with Gasteiger partial charge in [-0.05, 0) is 55.4 Å². The van der Waals surface area contributed by atoms with Gasteiger partial charge in [0.1, 0.15) is 6.29 Å². The summed E-state index contributed by atoms with van der Waals surface area (Å²) in [4.78, 5) is 34.9. The fourth-order valence-electron chi connectivity index (χ4n) is 3.54. The maximum atomic E-state index is 13.0. The number of amides is 2. The van der Waals surface area contributed by atoms with Gasteiger partial charge in [0, 0.05) is 35.0 Å². The molecule has 2 amide bonds. The number of aryl methyl sites for hydroxylation is 1. The number of hydrogen-bond donors (Lipinski definition) is 3. The molecular formula is C27H33N3O3. The second-order valence-electron chi connectivity index (χ2n) is 8.31. The SMILES string of the molecule is CC[C@H](C)/C(=C\C(=N)Cc1ccccc1)C(=O)N[C@H](C)CCc1ccc(C=O)cc1NC=O. The third-order valence-electron chi connectivity index (χ3n) is 5.68. The number of carbonyl (C=O) groups is 3. The molecule has 2 aromatic rings. The van der Waals surface area contributed by atoms with Crippen molar-refractivity contribution in [2.45, 2.75) is 52.5 Å². The van der Waals surface area contributed by atoms with E-state index >= 15 is 0 Å². The van der Waals surface area contributed by atoms with Crippen molar-refractivity contribution in [1.82, 2.24) is 5.32 Å². The van der Waals surface area contributed by atoms with Crippen molar-refractivity contribution in [1.29, 1.82) is 5.41 Å². The minimum Gasteiger partial charge on any atom is -0.350 e. The molecule has 0 heterocycles. The molecule has 0 aliphatic rings. The molecule has 3 N–H and O–H groups in total. The fraction of sp³-hybridized carbons (Fsp3) is 0.333. The smallest absolute Gasteiger partial charge is 0.247 e. The van der Waals surface area contributed by atoms with Crippen molar-refractivity contribution in [3.8, 4) is 0 Å². The van der Waals surface area contributed by atoms with Gasteiger partial charge >= 0.3 is 0 Å². The number of carbonyl (C=O) groups excluding carboxylic acids is 3. The lowest BCUT2D eigenvalue weighted by Crippen LogP contribution is -2.35. The Kier molecular flexibility index (Phi) is 10.2. The summed E-state index contributed by atoms with van der Waals surface area (Å²) in [7, 11) is 0.